The lowest BCUT2D eigenvalue weighted by Gasteiger charge is -2.43. The van der Waals surface area contributed by atoms with E-state index in [1.807, 2.05) is 7.05 Å². The summed E-state index contributed by atoms with van der Waals surface area (Å²) >= 11 is 1.76. The maximum absolute atomic E-state index is 4.57. The number of guanidine groups is 1. The van der Waals surface area contributed by atoms with Crippen LogP contribution in [0.4, 0.5) is 0 Å². The van der Waals surface area contributed by atoms with E-state index >= 15 is 0 Å². The van der Waals surface area contributed by atoms with Gasteiger partial charge in [0, 0.05) is 18.5 Å². The molecule has 0 bridgehead atoms. The first-order chi connectivity index (χ1) is 10.4. The normalized spacial score (nSPS) is 17.5. The molecule has 1 heterocycles. The third-order valence-electron chi connectivity index (χ3n) is 4.59. The molecular weight excluding hydrogens is 292 g/mol. The minimum atomic E-state index is 0.486. The molecule has 0 aromatic carbocycles. The van der Waals surface area contributed by atoms with Crippen LogP contribution in [0.15, 0.2) is 4.99 Å². The molecule has 124 valence electrons. The summed E-state index contributed by atoms with van der Waals surface area (Å²) in [5.74, 6) is 1.65. The Morgan fingerprint density at radius 2 is 2.05 bits per heavy atom. The second kappa shape index (κ2) is 7.44. The van der Waals surface area contributed by atoms with Crippen molar-refractivity contribution < 1.29 is 0 Å². The van der Waals surface area contributed by atoms with Crippen molar-refractivity contribution in [1.29, 1.82) is 0 Å². The van der Waals surface area contributed by atoms with Gasteiger partial charge in [-0.1, -0.05) is 20.3 Å². The fourth-order valence-corrected chi connectivity index (χ4v) is 4.14. The van der Waals surface area contributed by atoms with Gasteiger partial charge < -0.3 is 10.6 Å². The smallest absolute Gasteiger partial charge is 0.191 e. The van der Waals surface area contributed by atoms with Gasteiger partial charge in [0.1, 0.15) is 5.01 Å². The molecule has 0 amide bonds. The molecule has 0 saturated heterocycles. The molecule has 1 aliphatic rings. The minimum absolute atomic E-state index is 0.486. The molecule has 0 atom stereocenters. The van der Waals surface area contributed by atoms with Crippen molar-refractivity contribution in [3.8, 4) is 0 Å². The van der Waals surface area contributed by atoms with Gasteiger partial charge in [-0.15, -0.1) is 11.3 Å². The standard InChI is InChI=1S/C17H30N4S/c1-12(2)9-17(7-6-8-17)11-20-16(18-5)19-10-15-21-13(3)14(4)22-15/h12H,6-11H2,1-5H3,(H2,18,19,20). The van der Waals surface area contributed by atoms with Crippen molar-refractivity contribution in [2.24, 2.45) is 16.3 Å². The lowest BCUT2D eigenvalue weighted by atomic mass is 9.64. The van der Waals surface area contributed by atoms with E-state index < -0.39 is 0 Å². The van der Waals surface area contributed by atoms with E-state index in [-0.39, 0.29) is 0 Å². The van der Waals surface area contributed by atoms with Crippen LogP contribution in [0.3, 0.4) is 0 Å². The third-order valence-corrected chi connectivity index (χ3v) is 5.66. The van der Waals surface area contributed by atoms with Crippen LogP contribution in [0.2, 0.25) is 0 Å². The highest BCUT2D eigenvalue weighted by Gasteiger charge is 2.37. The molecule has 1 aromatic heterocycles. The van der Waals surface area contributed by atoms with E-state index in [1.165, 1.54) is 30.6 Å². The molecule has 2 N–H and O–H groups in total. The second-order valence-corrected chi connectivity index (χ2v) is 8.27. The summed E-state index contributed by atoms with van der Waals surface area (Å²) < 4.78 is 0. The summed E-state index contributed by atoms with van der Waals surface area (Å²) in [6.07, 6.45) is 5.38. The van der Waals surface area contributed by atoms with Gasteiger partial charge in [0.25, 0.3) is 0 Å². The Labute approximate surface area is 138 Å². The number of aliphatic imine (C=N–C) groups is 1. The predicted octanol–water partition coefficient (Wildman–Crippen LogP) is 3.64. The molecule has 1 aliphatic carbocycles. The highest BCUT2D eigenvalue weighted by Crippen LogP contribution is 2.45. The van der Waals surface area contributed by atoms with Crippen LogP contribution in [0, 0.1) is 25.2 Å². The lowest BCUT2D eigenvalue weighted by molar-refractivity contribution is 0.104. The van der Waals surface area contributed by atoms with Crippen LogP contribution in [-0.4, -0.2) is 24.5 Å². The van der Waals surface area contributed by atoms with Crippen molar-refractivity contribution in [3.63, 3.8) is 0 Å². The van der Waals surface area contributed by atoms with Crippen LogP contribution in [0.25, 0.3) is 0 Å². The van der Waals surface area contributed by atoms with Crippen molar-refractivity contribution >= 4 is 17.3 Å². The number of nitrogens with one attached hydrogen (secondary N) is 2. The number of nitrogens with zero attached hydrogens (tertiary/aromatic N) is 2. The molecule has 2 rings (SSSR count). The molecule has 1 fully saturated rings. The first-order valence-corrected chi connectivity index (χ1v) is 9.13. The van der Waals surface area contributed by atoms with Crippen molar-refractivity contribution in [2.75, 3.05) is 13.6 Å². The Hall–Kier alpha value is -1.10. The highest BCUT2D eigenvalue weighted by atomic mass is 32.1. The molecule has 0 unspecified atom stereocenters. The molecule has 4 nitrogen and oxygen atoms in total. The van der Waals surface area contributed by atoms with Crippen molar-refractivity contribution in [1.82, 2.24) is 15.6 Å². The molecule has 0 aliphatic heterocycles. The van der Waals surface area contributed by atoms with Crippen LogP contribution in [-0.2, 0) is 6.54 Å². The Balaban J connectivity index is 1.82. The van der Waals surface area contributed by atoms with Gasteiger partial charge in [-0.3, -0.25) is 4.99 Å². The summed E-state index contributed by atoms with van der Waals surface area (Å²) in [5.41, 5.74) is 1.62. The zero-order valence-electron chi connectivity index (χ0n) is 14.6. The summed E-state index contributed by atoms with van der Waals surface area (Å²) in [6, 6.07) is 0. The van der Waals surface area contributed by atoms with Crippen molar-refractivity contribution in [3.05, 3.63) is 15.6 Å². The van der Waals surface area contributed by atoms with Gasteiger partial charge in [0.2, 0.25) is 0 Å². The second-order valence-electron chi connectivity index (χ2n) is 6.98. The van der Waals surface area contributed by atoms with Crippen LogP contribution >= 0.6 is 11.3 Å². The van der Waals surface area contributed by atoms with E-state index in [2.05, 4.69) is 48.3 Å². The Morgan fingerprint density at radius 3 is 2.50 bits per heavy atom. The average Bonchev–Trinajstić information content (AvgIpc) is 2.74. The van der Waals surface area contributed by atoms with Crippen LogP contribution < -0.4 is 10.6 Å². The Kier molecular flexibility index (Phi) is 5.84. The molecule has 0 radical (unpaired) electrons. The maximum atomic E-state index is 4.57. The van der Waals surface area contributed by atoms with Crippen LogP contribution in [0.1, 0.15) is 55.1 Å². The summed E-state index contributed by atoms with van der Waals surface area (Å²) in [5, 5.41) is 8.04. The third kappa shape index (κ3) is 4.45. The number of hydrogen-bond acceptors (Lipinski definition) is 3. The minimum Gasteiger partial charge on any atom is -0.356 e. The number of rotatable bonds is 6. The van der Waals surface area contributed by atoms with Gasteiger partial charge >= 0.3 is 0 Å². The first kappa shape index (κ1) is 17.3. The Morgan fingerprint density at radius 1 is 1.32 bits per heavy atom. The SMILES string of the molecule is CN=C(NCc1nc(C)c(C)s1)NCC1(CC(C)C)CCC1. The monoisotopic (exact) mass is 322 g/mol. The average molecular weight is 323 g/mol. The topological polar surface area (TPSA) is 49.3 Å². The predicted molar refractivity (Wildman–Crippen MR) is 95.5 cm³/mol. The van der Waals surface area contributed by atoms with Gasteiger partial charge in [-0.2, -0.15) is 0 Å². The molecule has 1 saturated carbocycles. The van der Waals surface area contributed by atoms with Gasteiger partial charge in [-0.05, 0) is 44.4 Å². The maximum Gasteiger partial charge on any atom is 0.191 e. The molecular formula is C17H30N4S. The fraction of sp³-hybridized carbons (Fsp3) is 0.765. The molecule has 5 heteroatoms. The van der Waals surface area contributed by atoms with E-state index in [4.69, 9.17) is 0 Å². The zero-order chi connectivity index (χ0) is 16.2. The quantitative estimate of drug-likeness (QED) is 0.621. The van der Waals surface area contributed by atoms with E-state index in [9.17, 15) is 0 Å². The number of thiazole rings is 1. The number of hydrogen-bond donors (Lipinski definition) is 2. The molecule has 1 aromatic rings. The first-order valence-electron chi connectivity index (χ1n) is 8.31. The Bertz CT molecular complexity index is 495. The fourth-order valence-electron chi connectivity index (χ4n) is 3.26. The van der Waals surface area contributed by atoms with Crippen LogP contribution in [0.5, 0.6) is 0 Å². The molecule has 0 spiro atoms. The van der Waals surface area contributed by atoms with E-state index in [0.29, 0.717) is 5.41 Å². The lowest BCUT2D eigenvalue weighted by Crippen LogP contribution is -2.46. The zero-order valence-corrected chi connectivity index (χ0v) is 15.4. The van der Waals surface area contributed by atoms with E-state index in [1.54, 1.807) is 11.3 Å². The highest BCUT2D eigenvalue weighted by molar-refractivity contribution is 7.11. The van der Waals surface area contributed by atoms with E-state index in [0.717, 1.165) is 35.7 Å². The number of aromatic nitrogens is 1. The largest absolute Gasteiger partial charge is 0.356 e. The summed E-state index contributed by atoms with van der Waals surface area (Å²) in [6.45, 7) is 10.6. The van der Waals surface area contributed by atoms with Gasteiger partial charge in [0.15, 0.2) is 5.96 Å². The van der Waals surface area contributed by atoms with Gasteiger partial charge in [0.05, 0.1) is 12.2 Å². The molecule has 22 heavy (non-hydrogen) atoms. The number of aryl methyl sites for hydroxylation is 2. The summed E-state index contributed by atoms with van der Waals surface area (Å²) in [4.78, 5) is 10.2. The van der Waals surface area contributed by atoms with Gasteiger partial charge in [-0.25, -0.2) is 4.98 Å². The van der Waals surface area contributed by atoms with Crippen molar-refractivity contribution in [2.45, 2.75) is 59.9 Å². The summed E-state index contributed by atoms with van der Waals surface area (Å²) in [7, 11) is 1.84.